The summed E-state index contributed by atoms with van der Waals surface area (Å²) in [7, 11) is 0. The molecule has 88 heavy (non-hydrogen) atoms. The van der Waals surface area contributed by atoms with Gasteiger partial charge in [-0.2, -0.15) is 0 Å². The summed E-state index contributed by atoms with van der Waals surface area (Å²) in [5.41, 5.74) is 0. The van der Waals surface area contributed by atoms with E-state index in [0.29, 0.717) is 6.42 Å². The molecule has 514 valence electrons. The predicted molar refractivity (Wildman–Crippen MR) is 342 cm³/mol. The molecule has 3 aliphatic heterocycles. The lowest BCUT2D eigenvalue weighted by atomic mass is 9.96. The third kappa shape index (κ3) is 33.0. The first kappa shape index (κ1) is 80.0. The number of unbranched alkanes of at least 4 members (excludes halogenated alkanes) is 31. The topological polar surface area (TPSA) is 307 Å². The van der Waals surface area contributed by atoms with Gasteiger partial charge < -0.3 is 89.9 Å². The Morgan fingerprint density at radius 3 is 1.23 bits per heavy atom. The molecular formula is C69H125NO18. The van der Waals surface area contributed by atoms with E-state index >= 15 is 0 Å². The first-order chi connectivity index (χ1) is 42.8. The molecule has 0 aromatic heterocycles. The van der Waals surface area contributed by atoms with Crippen molar-refractivity contribution in [3.63, 3.8) is 0 Å². The fourth-order valence-corrected chi connectivity index (χ4v) is 11.7. The number of hydrogen-bond donors (Lipinski definition) is 12. The Balaban J connectivity index is 1.43. The molecule has 12 N–H and O–H groups in total. The number of hydrogen-bond acceptors (Lipinski definition) is 18. The van der Waals surface area contributed by atoms with Crippen molar-refractivity contribution in [3.05, 3.63) is 48.6 Å². The number of amides is 1. The second kappa shape index (κ2) is 51.2. The normalized spacial score (nSPS) is 28.7. The Bertz CT molecular complexity index is 1790. The molecular weight excluding hydrogens is 1130 g/mol. The zero-order valence-electron chi connectivity index (χ0n) is 54.2. The molecule has 3 aliphatic rings. The molecule has 3 heterocycles. The van der Waals surface area contributed by atoms with Crippen LogP contribution < -0.4 is 5.32 Å². The van der Waals surface area contributed by atoms with Gasteiger partial charge in [0.2, 0.25) is 5.91 Å². The molecule has 3 fully saturated rings. The summed E-state index contributed by atoms with van der Waals surface area (Å²) < 4.78 is 34.3. The van der Waals surface area contributed by atoms with Gasteiger partial charge in [0.25, 0.3) is 0 Å². The van der Waals surface area contributed by atoms with Crippen molar-refractivity contribution in [1.29, 1.82) is 0 Å². The zero-order chi connectivity index (χ0) is 64.0. The second-order valence-corrected chi connectivity index (χ2v) is 25.0. The van der Waals surface area contributed by atoms with Gasteiger partial charge in [-0.15, -0.1) is 0 Å². The Morgan fingerprint density at radius 1 is 0.420 bits per heavy atom. The van der Waals surface area contributed by atoms with Gasteiger partial charge in [-0.1, -0.05) is 242 Å². The first-order valence-corrected chi connectivity index (χ1v) is 34.9. The third-order valence-corrected chi connectivity index (χ3v) is 17.4. The number of carbonyl (C=O) groups is 1. The van der Waals surface area contributed by atoms with Crippen molar-refractivity contribution in [2.24, 2.45) is 0 Å². The average molecular weight is 1260 g/mol. The maximum atomic E-state index is 13.4. The highest BCUT2D eigenvalue weighted by atomic mass is 16.8. The Labute approximate surface area is 529 Å². The third-order valence-electron chi connectivity index (χ3n) is 17.4. The fourth-order valence-electron chi connectivity index (χ4n) is 11.7. The van der Waals surface area contributed by atoms with Crippen molar-refractivity contribution in [2.45, 2.75) is 356 Å². The van der Waals surface area contributed by atoms with Crippen LogP contribution in [-0.2, 0) is 33.2 Å². The standard InChI is InChI=1S/C69H125NO18/c1-3-5-7-9-11-13-15-17-19-21-22-23-24-25-26-27-28-29-31-32-34-36-38-40-42-44-46-53(74)52(70-57(75)47-45-43-41-39-37-35-33-30-20-18-16-14-12-10-8-6-4-2)51-83-67-63(81)60(78)65(55(49-72)85-67)88-69-64(82)61(79)66(56(50-73)86-69)87-68-62(80)59(77)58(76)54(48-71)84-68/h6,8,12,14,18,20,44,46,52-56,58-69,71-74,76-82H,3-5,7,9-11,13,15-17,19,21-43,45,47-51H2,1-2H3,(H,70,75)/b8-6-,14-12-,20-18-,46-44+. The van der Waals surface area contributed by atoms with Gasteiger partial charge in [0.15, 0.2) is 18.9 Å². The quantitative estimate of drug-likeness (QED) is 0.0200. The maximum Gasteiger partial charge on any atom is 0.220 e. The van der Waals surface area contributed by atoms with Gasteiger partial charge in [-0.3, -0.25) is 4.79 Å². The van der Waals surface area contributed by atoms with E-state index in [0.717, 1.165) is 89.9 Å². The number of carbonyl (C=O) groups excluding carboxylic acids is 1. The monoisotopic (exact) mass is 1260 g/mol. The predicted octanol–water partition coefficient (Wildman–Crippen LogP) is 9.00. The lowest BCUT2D eigenvalue weighted by molar-refractivity contribution is -0.379. The molecule has 19 heteroatoms. The molecule has 1 amide bonds. The molecule has 0 radical (unpaired) electrons. The average Bonchev–Trinajstić information content (AvgIpc) is 3.72. The number of nitrogens with one attached hydrogen (secondary N) is 1. The summed E-state index contributed by atoms with van der Waals surface area (Å²) in [6.07, 6.45) is 33.7. The number of aliphatic hydroxyl groups is 11. The molecule has 0 bridgehead atoms. The van der Waals surface area contributed by atoms with Crippen LogP contribution in [0.1, 0.15) is 251 Å². The summed E-state index contributed by atoms with van der Waals surface area (Å²) in [5, 5.41) is 120. The molecule has 0 aliphatic carbocycles. The number of allylic oxidation sites excluding steroid dienone is 7. The van der Waals surface area contributed by atoms with Crippen LogP contribution in [0.5, 0.6) is 0 Å². The lowest BCUT2D eigenvalue weighted by Crippen LogP contribution is -2.66. The minimum absolute atomic E-state index is 0.231. The van der Waals surface area contributed by atoms with Crippen LogP contribution in [-0.4, -0.2) is 193 Å². The molecule has 17 unspecified atom stereocenters. The zero-order valence-corrected chi connectivity index (χ0v) is 54.2. The molecule has 0 aromatic rings. The van der Waals surface area contributed by atoms with E-state index in [1.54, 1.807) is 6.08 Å². The van der Waals surface area contributed by atoms with Gasteiger partial charge in [0.1, 0.15) is 73.2 Å². The van der Waals surface area contributed by atoms with E-state index in [1.807, 2.05) is 6.08 Å². The molecule has 3 rings (SSSR count). The SMILES string of the molecule is CC/C=C\C/C=C\C/C=C\CCCCCCCCCC(=O)NC(COC1OC(CO)C(OC2OC(CO)C(OC3OC(CO)C(O)C(O)C3O)C(O)C2O)C(O)C1O)C(O)/C=C/CCCCCCCCCCCCCCCCCCCCCCCCCC. The summed E-state index contributed by atoms with van der Waals surface area (Å²) >= 11 is 0. The van der Waals surface area contributed by atoms with Crippen molar-refractivity contribution in [1.82, 2.24) is 5.32 Å². The van der Waals surface area contributed by atoms with E-state index in [4.69, 9.17) is 28.4 Å². The molecule has 0 saturated carbocycles. The van der Waals surface area contributed by atoms with Crippen molar-refractivity contribution in [3.8, 4) is 0 Å². The highest BCUT2D eigenvalue weighted by Crippen LogP contribution is 2.33. The number of ether oxygens (including phenoxy) is 6. The van der Waals surface area contributed by atoms with Crippen LogP contribution in [0.25, 0.3) is 0 Å². The maximum absolute atomic E-state index is 13.4. The van der Waals surface area contributed by atoms with Crippen LogP contribution in [0, 0.1) is 0 Å². The molecule has 3 saturated heterocycles. The van der Waals surface area contributed by atoms with E-state index in [1.165, 1.54) is 135 Å². The van der Waals surface area contributed by atoms with E-state index in [2.05, 4.69) is 55.6 Å². The van der Waals surface area contributed by atoms with Crippen LogP contribution in [0.4, 0.5) is 0 Å². The molecule has 0 spiro atoms. The van der Waals surface area contributed by atoms with E-state index in [9.17, 15) is 61.0 Å². The van der Waals surface area contributed by atoms with Gasteiger partial charge in [-0.25, -0.2) is 0 Å². The van der Waals surface area contributed by atoms with Crippen LogP contribution in [0.3, 0.4) is 0 Å². The summed E-state index contributed by atoms with van der Waals surface area (Å²) in [4.78, 5) is 13.4. The molecule has 0 aromatic carbocycles. The largest absolute Gasteiger partial charge is 0.394 e. The van der Waals surface area contributed by atoms with Crippen LogP contribution >= 0.6 is 0 Å². The van der Waals surface area contributed by atoms with Gasteiger partial charge in [-0.05, 0) is 51.4 Å². The Hall–Kier alpha value is -2.25. The fraction of sp³-hybridized carbons (Fsp3) is 0.870. The molecule has 19 nitrogen and oxygen atoms in total. The van der Waals surface area contributed by atoms with Gasteiger partial charge in [0.05, 0.1) is 38.6 Å². The Kier molecular flexibility index (Phi) is 46.5. The number of aliphatic hydroxyl groups excluding tert-OH is 11. The van der Waals surface area contributed by atoms with E-state index < -0.39 is 124 Å². The summed E-state index contributed by atoms with van der Waals surface area (Å²) in [5.74, 6) is -0.285. The van der Waals surface area contributed by atoms with Crippen LogP contribution in [0.2, 0.25) is 0 Å². The minimum Gasteiger partial charge on any atom is -0.394 e. The van der Waals surface area contributed by atoms with Crippen molar-refractivity contribution >= 4 is 5.91 Å². The summed E-state index contributed by atoms with van der Waals surface area (Å²) in [6.45, 7) is 1.63. The van der Waals surface area contributed by atoms with E-state index in [-0.39, 0.29) is 18.9 Å². The number of rotatable bonds is 53. The van der Waals surface area contributed by atoms with Crippen molar-refractivity contribution < 1.29 is 89.4 Å². The second-order valence-electron chi connectivity index (χ2n) is 25.0. The minimum atomic E-state index is -1.98. The Morgan fingerprint density at radius 2 is 0.784 bits per heavy atom. The first-order valence-electron chi connectivity index (χ1n) is 34.9. The van der Waals surface area contributed by atoms with Gasteiger partial charge >= 0.3 is 0 Å². The highest BCUT2D eigenvalue weighted by Gasteiger charge is 2.53. The molecule has 17 atom stereocenters. The smallest absolute Gasteiger partial charge is 0.220 e. The highest BCUT2D eigenvalue weighted by molar-refractivity contribution is 5.76. The van der Waals surface area contributed by atoms with Crippen LogP contribution in [0.15, 0.2) is 48.6 Å². The lowest BCUT2D eigenvalue weighted by Gasteiger charge is -2.48. The van der Waals surface area contributed by atoms with Gasteiger partial charge in [0, 0.05) is 6.42 Å². The van der Waals surface area contributed by atoms with Crippen molar-refractivity contribution in [2.75, 3.05) is 26.4 Å². The summed E-state index contributed by atoms with van der Waals surface area (Å²) in [6, 6.07) is -0.980.